The summed E-state index contributed by atoms with van der Waals surface area (Å²) in [5.41, 5.74) is 2.47. The highest BCUT2D eigenvalue weighted by atomic mass is 16.5. The number of hydrogen-bond donors (Lipinski definition) is 1. The maximum absolute atomic E-state index is 11.7. The van der Waals surface area contributed by atoms with Crippen molar-refractivity contribution < 1.29 is 14.3 Å². The molecule has 1 amide bonds. The van der Waals surface area contributed by atoms with Crippen molar-refractivity contribution in [1.82, 2.24) is 5.32 Å². The third kappa shape index (κ3) is 4.26. The summed E-state index contributed by atoms with van der Waals surface area (Å²) in [5, 5.41) is 2.56. The summed E-state index contributed by atoms with van der Waals surface area (Å²) in [6, 6.07) is 5.46. The summed E-state index contributed by atoms with van der Waals surface area (Å²) in [4.78, 5) is 22.8. The molecule has 0 aromatic heterocycles. The average molecular weight is 235 g/mol. The van der Waals surface area contributed by atoms with E-state index in [1.165, 1.54) is 0 Å². The molecule has 0 fully saturated rings. The van der Waals surface area contributed by atoms with Gasteiger partial charge in [0, 0.05) is 6.54 Å². The Bertz CT molecular complexity index is 406. The van der Waals surface area contributed by atoms with Gasteiger partial charge < -0.3 is 10.1 Å². The largest absolute Gasteiger partial charge is 0.452 e. The SMILES string of the molecule is CCNC(=O)COC(=O)c1cc(C)cc(C)c1. The number of benzene rings is 1. The Kier molecular flexibility index (Phi) is 4.69. The van der Waals surface area contributed by atoms with E-state index in [-0.39, 0.29) is 12.5 Å². The Labute approximate surface area is 101 Å². The van der Waals surface area contributed by atoms with Crippen molar-refractivity contribution >= 4 is 11.9 Å². The molecule has 1 rings (SSSR count). The Morgan fingerprint density at radius 3 is 2.29 bits per heavy atom. The van der Waals surface area contributed by atoms with Gasteiger partial charge in [0.25, 0.3) is 5.91 Å². The third-order valence-corrected chi connectivity index (χ3v) is 2.17. The molecule has 0 spiro atoms. The molecule has 4 nitrogen and oxygen atoms in total. The maximum atomic E-state index is 11.7. The van der Waals surface area contributed by atoms with Gasteiger partial charge in [0.1, 0.15) is 0 Å². The van der Waals surface area contributed by atoms with E-state index in [2.05, 4.69) is 5.32 Å². The number of likely N-dealkylation sites (N-methyl/N-ethyl adjacent to an activating group) is 1. The molecule has 17 heavy (non-hydrogen) atoms. The van der Waals surface area contributed by atoms with E-state index in [1.54, 1.807) is 12.1 Å². The molecule has 0 radical (unpaired) electrons. The first kappa shape index (κ1) is 13.2. The van der Waals surface area contributed by atoms with Crippen molar-refractivity contribution in [3.05, 3.63) is 34.9 Å². The first-order chi connectivity index (χ1) is 8.02. The highest BCUT2D eigenvalue weighted by molar-refractivity contribution is 5.91. The molecule has 1 aromatic rings. The Morgan fingerprint density at radius 1 is 1.18 bits per heavy atom. The van der Waals surface area contributed by atoms with Gasteiger partial charge in [-0.15, -0.1) is 0 Å². The molecule has 92 valence electrons. The number of carbonyl (C=O) groups excluding carboxylic acids is 2. The molecule has 0 unspecified atom stereocenters. The molecule has 4 heteroatoms. The fourth-order valence-corrected chi connectivity index (χ4v) is 1.56. The fourth-order valence-electron chi connectivity index (χ4n) is 1.56. The van der Waals surface area contributed by atoms with Crippen LogP contribution in [-0.2, 0) is 9.53 Å². The Balaban J connectivity index is 2.61. The van der Waals surface area contributed by atoms with E-state index in [0.29, 0.717) is 12.1 Å². The number of nitrogens with one attached hydrogen (secondary N) is 1. The van der Waals surface area contributed by atoms with Crippen LogP contribution in [0.1, 0.15) is 28.4 Å². The van der Waals surface area contributed by atoms with Gasteiger partial charge in [-0.2, -0.15) is 0 Å². The lowest BCUT2D eigenvalue weighted by Gasteiger charge is -2.06. The van der Waals surface area contributed by atoms with Crippen LogP contribution in [0.15, 0.2) is 18.2 Å². The van der Waals surface area contributed by atoms with Gasteiger partial charge in [-0.3, -0.25) is 4.79 Å². The Morgan fingerprint density at radius 2 is 1.76 bits per heavy atom. The molecular weight excluding hydrogens is 218 g/mol. The fraction of sp³-hybridized carbons (Fsp3) is 0.385. The van der Waals surface area contributed by atoms with Crippen LogP contribution in [0.3, 0.4) is 0 Å². The average Bonchev–Trinajstić information content (AvgIpc) is 2.25. The van der Waals surface area contributed by atoms with Gasteiger partial charge in [0.2, 0.25) is 0 Å². The van der Waals surface area contributed by atoms with E-state index in [1.807, 2.05) is 26.8 Å². The molecule has 0 bridgehead atoms. The zero-order valence-electron chi connectivity index (χ0n) is 10.4. The smallest absolute Gasteiger partial charge is 0.338 e. The summed E-state index contributed by atoms with van der Waals surface area (Å²) in [6.45, 7) is 5.92. The highest BCUT2D eigenvalue weighted by Gasteiger charge is 2.10. The molecule has 0 heterocycles. The molecule has 0 atom stereocenters. The predicted octanol–water partition coefficient (Wildman–Crippen LogP) is 1.60. The zero-order valence-corrected chi connectivity index (χ0v) is 10.4. The highest BCUT2D eigenvalue weighted by Crippen LogP contribution is 2.09. The van der Waals surface area contributed by atoms with Crippen LogP contribution >= 0.6 is 0 Å². The van der Waals surface area contributed by atoms with Crippen molar-refractivity contribution in [3.8, 4) is 0 Å². The minimum atomic E-state index is -0.469. The van der Waals surface area contributed by atoms with Gasteiger partial charge in [0.05, 0.1) is 5.56 Å². The molecule has 1 N–H and O–H groups in total. The molecule has 1 aromatic carbocycles. The Hall–Kier alpha value is -1.84. The normalized spacial score (nSPS) is 9.82. The lowest BCUT2D eigenvalue weighted by Crippen LogP contribution is -2.28. The second-order valence-electron chi connectivity index (χ2n) is 3.91. The van der Waals surface area contributed by atoms with E-state index in [4.69, 9.17) is 4.74 Å². The molecule has 0 aliphatic heterocycles. The maximum Gasteiger partial charge on any atom is 0.338 e. The summed E-state index contributed by atoms with van der Waals surface area (Å²) in [6.07, 6.45) is 0. The van der Waals surface area contributed by atoms with Crippen molar-refractivity contribution in [3.63, 3.8) is 0 Å². The zero-order chi connectivity index (χ0) is 12.8. The monoisotopic (exact) mass is 235 g/mol. The van der Waals surface area contributed by atoms with Crippen LogP contribution in [0.25, 0.3) is 0 Å². The van der Waals surface area contributed by atoms with Gasteiger partial charge in [0.15, 0.2) is 6.61 Å². The number of esters is 1. The first-order valence-corrected chi connectivity index (χ1v) is 5.55. The third-order valence-electron chi connectivity index (χ3n) is 2.17. The lowest BCUT2D eigenvalue weighted by molar-refractivity contribution is -0.124. The molecule has 0 aliphatic rings. The second-order valence-corrected chi connectivity index (χ2v) is 3.91. The van der Waals surface area contributed by atoms with Crippen LogP contribution in [0.2, 0.25) is 0 Å². The number of aryl methyl sites for hydroxylation is 2. The predicted molar refractivity (Wildman–Crippen MR) is 64.9 cm³/mol. The van der Waals surface area contributed by atoms with E-state index < -0.39 is 5.97 Å². The van der Waals surface area contributed by atoms with Crippen molar-refractivity contribution in [2.75, 3.05) is 13.2 Å². The van der Waals surface area contributed by atoms with Gasteiger partial charge >= 0.3 is 5.97 Å². The standard InChI is InChI=1S/C13H17NO3/c1-4-14-12(15)8-17-13(16)11-6-9(2)5-10(3)7-11/h5-7H,4,8H2,1-3H3,(H,14,15). The lowest BCUT2D eigenvalue weighted by atomic mass is 10.1. The molecule has 0 aliphatic carbocycles. The molecule has 0 saturated carbocycles. The van der Waals surface area contributed by atoms with Crippen LogP contribution in [-0.4, -0.2) is 25.0 Å². The first-order valence-electron chi connectivity index (χ1n) is 5.55. The van der Waals surface area contributed by atoms with Crippen LogP contribution in [0.5, 0.6) is 0 Å². The van der Waals surface area contributed by atoms with Crippen molar-refractivity contribution in [1.29, 1.82) is 0 Å². The van der Waals surface area contributed by atoms with Crippen LogP contribution in [0.4, 0.5) is 0 Å². The summed E-state index contributed by atoms with van der Waals surface area (Å²) in [7, 11) is 0. The second kappa shape index (κ2) is 6.03. The van der Waals surface area contributed by atoms with E-state index >= 15 is 0 Å². The van der Waals surface area contributed by atoms with E-state index in [0.717, 1.165) is 11.1 Å². The quantitative estimate of drug-likeness (QED) is 0.806. The summed E-state index contributed by atoms with van der Waals surface area (Å²) >= 11 is 0. The topological polar surface area (TPSA) is 55.4 Å². The number of carbonyl (C=O) groups is 2. The molecule has 0 saturated heterocycles. The van der Waals surface area contributed by atoms with Crippen LogP contribution < -0.4 is 5.32 Å². The van der Waals surface area contributed by atoms with Gasteiger partial charge in [-0.25, -0.2) is 4.79 Å². The molecular formula is C13H17NO3. The summed E-state index contributed by atoms with van der Waals surface area (Å²) in [5.74, 6) is -0.756. The number of ether oxygens (including phenoxy) is 1. The minimum Gasteiger partial charge on any atom is -0.452 e. The number of hydrogen-bond acceptors (Lipinski definition) is 3. The number of rotatable bonds is 4. The van der Waals surface area contributed by atoms with Gasteiger partial charge in [-0.05, 0) is 32.9 Å². The van der Waals surface area contributed by atoms with E-state index in [9.17, 15) is 9.59 Å². The summed E-state index contributed by atoms with van der Waals surface area (Å²) < 4.78 is 4.90. The van der Waals surface area contributed by atoms with Crippen LogP contribution in [0, 0.1) is 13.8 Å². The number of amides is 1. The van der Waals surface area contributed by atoms with Crippen molar-refractivity contribution in [2.45, 2.75) is 20.8 Å². The minimum absolute atomic E-state index is 0.236. The van der Waals surface area contributed by atoms with Crippen molar-refractivity contribution in [2.24, 2.45) is 0 Å². The van der Waals surface area contributed by atoms with Gasteiger partial charge in [-0.1, -0.05) is 17.2 Å².